The zero-order valence-electron chi connectivity index (χ0n) is 14.1. The van der Waals surface area contributed by atoms with Crippen molar-refractivity contribution < 1.29 is 27.5 Å². The summed E-state index contributed by atoms with van der Waals surface area (Å²) in [6.07, 6.45) is -3.47. The molecule has 142 valence electrons. The molecule has 8 heteroatoms. The topological polar surface area (TPSA) is 55.4 Å². The van der Waals surface area contributed by atoms with Crippen molar-refractivity contribution in [2.45, 2.75) is 19.2 Å². The number of rotatable bonds is 5. The number of benzene rings is 2. The Kier molecular flexibility index (Phi) is 6.63. The summed E-state index contributed by atoms with van der Waals surface area (Å²) in [7, 11) is 0. The van der Waals surface area contributed by atoms with Crippen molar-refractivity contribution in [2.75, 3.05) is 5.32 Å². The third kappa shape index (κ3) is 6.14. The molecule has 1 amide bonds. The van der Waals surface area contributed by atoms with Gasteiger partial charge in [0.2, 0.25) is 0 Å². The molecule has 2 rings (SSSR count). The van der Waals surface area contributed by atoms with Gasteiger partial charge in [0, 0.05) is 6.08 Å². The molecule has 0 spiro atoms. The second-order valence-electron chi connectivity index (χ2n) is 5.50. The second kappa shape index (κ2) is 8.73. The lowest BCUT2D eigenvalue weighted by Crippen LogP contribution is -2.29. The predicted molar refractivity (Wildman–Crippen MR) is 96.1 cm³/mol. The molecule has 0 heterocycles. The fraction of sp³-hybridized carbons (Fsp3) is 0.158. The quantitative estimate of drug-likeness (QED) is 0.574. The van der Waals surface area contributed by atoms with Crippen LogP contribution in [0.25, 0.3) is 6.08 Å². The Hall–Kier alpha value is -2.80. The molecule has 1 atom stereocenters. The number of carbonyl (C=O) groups excluding carboxylic acids is 2. The van der Waals surface area contributed by atoms with Crippen molar-refractivity contribution >= 4 is 35.2 Å². The summed E-state index contributed by atoms with van der Waals surface area (Å²) in [6.45, 7) is 1.36. The van der Waals surface area contributed by atoms with Crippen molar-refractivity contribution in [1.29, 1.82) is 0 Å². The molecule has 0 saturated heterocycles. The van der Waals surface area contributed by atoms with Crippen LogP contribution in [0.15, 0.2) is 54.6 Å². The number of nitrogens with one attached hydrogen (secondary N) is 1. The number of carbonyl (C=O) groups is 2. The first-order valence-corrected chi connectivity index (χ1v) is 8.16. The van der Waals surface area contributed by atoms with Gasteiger partial charge in [-0.3, -0.25) is 4.79 Å². The molecule has 2 aromatic rings. The molecular formula is C19H15ClF3NO3. The number of anilines is 1. The molecule has 2 aromatic carbocycles. The van der Waals surface area contributed by atoms with Gasteiger partial charge in [-0.2, -0.15) is 13.2 Å². The lowest BCUT2D eigenvalue weighted by Gasteiger charge is -2.13. The van der Waals surface area contributed by atoms with E-state index >= 15 is 0 Å². The number of ether oxygens (including phenoxy) is 1. The zero-order chi connectivity index (χ0) is 20.0. The molecule has 27 heavy (non-hydrogen) atoms. The van der Waals surface area contributed by atoms with E-state index in [9.17, 15) is 22.8 Å². The summed E-state index contributed by atoms with van der Waals surface area (Å²) >= 11 is 5.93. The number of amides is 1. The minimum atomic E-state index is -4.48. The highest BCUT2D eigenvalue weighted by atomic mass is 35.5. The van der Waals surface area contributed by atoms with E-state index < -0.39 is 29.7 Å². The first-order chi connectivity index (χ1) is 12.7. The van der Waals surface area contributed by atoms with Gasteiger partial charge in [0.05, 0.1) is 16.3 Å². The van der Waals surface area contributed by atoms with Crippen molar-refractivity contribution in [2.24, 2.45) is 0 Å². The predicted octanol–water partition coefficient (Wildman–Crippen LogP) is 4.94. The van der Waals surface area contributed by atoms with E-state index in [2.05, 4.69) is 5.32 Å². The van der Waals surface area contributed by atoms with E-state index in [-0.39, 0.29) is 5.56 Å². The van der Waals surface area contributed by atoms with Gasteiger partial charge < -0.3 is 10.1 Å². The van der Waals surface area contributed by atoms with Crippen LogP contribution in [0.5, 0.6) is 0 Å². The van der Waals surface area contributed by atoms with Gasteiger partial charge >= 0.3 is 12.1 Å². The molecule has 1 unspecified atom stereocenters. The summed E-state index contributed by atoms with van der Waals surface area (Å²) in [5.74, 6) is -1.46. The van der Waals surface area contributed by atoms with Crippen LogP contribution < -0.4 is 5.32 Å². The Morgan fingerprint density at radius 1 is 1.15 bits per heavy atom. The Bertz CT molecular complexity index is 865. The molecule has 0 saturated carbocycles. The monoisotopic (exact) mass is 397 g/mol. The third-order valence-corrected chi connectivity index (χ3v) is 3.75. The molecule has 4 nitrogen and oxygen atoms in total. The standard InChI is InChI=1S/C19H15ClF3NO3/c1-12(18(26)24-16-8-3-2-7-15(16)20)27-17(25)10-9-13-5-4-6-14(11-13)19(21,22)23/h2-12H,1H3,(H,24,26)/b10-9+. The van der Waals surface area contributed by atoms with Crippen LogP contribution in [-0.2, 0) is 20.5 Å². The van der Waals surface area contributed by atoms with E-state index in [1.807, 2.05) is 0 Å². The van der Waals surface area contributed by atoms with Crippen LogP contribution in [0.2, 0.25) is 5.02 Å². The van der Waals surface area contributed by atoms with Crippen molar-refractivity contribution in [3.8, 4) is 0 Å². The fourth-order valence-corrected chi connectivity index (χ4v) is 2.23. The van der Waals surface area contributed by atoms with Gasteiger partial charge in [-0.25, -0.2) is 4.79 Å². The normalized spacial score (nSPS) is 12.6. The molecule has 1 N–H and O–H groups in total. The van der Waals surface area contributed by atoms with Gasteiger partial charge in [-0.15, -0.1) is 0 Å². The smallest absolute Gasteiger partial charge is 0.416 e. The average molecular weight is 398 g/mol. The molecule has 0 aliphatic carbocycles. The maximum absolute atomic E-state index is 12.7. The maximum Gasteiger partial charge on any atom is 0.416 e. The van der Waals surface area contributed by atoms with Crippen molar-refractivity contribution in [3.63, 3.8) is 0 Å². The minimum Gasteiger partial charge on any atom is -0.449 e. The van der Waals surface area contributed by atoms with Crippen molar-refractivity contribution in [1.82, 2.24) is 0 Å². The lowest BCUT2D eigenvalue weighted by atomic mass is 10.1. The first kappa shape index (κ1) is 20.5. The first-order valence-electron chi connectivity index (χ1n) is 7.78. The Morgan fingerprint density at radius 2 is 1.85 bits per heavy atom. The summed E-state index contributed by atoms with van der Waals surface area (Å²) in [5.41, 5.74) is -0.285. The van der Waals surface area contributed by atoms with Gasteiger partial charge in [0.25, 0.3) is 5.91 Å². The van der Waals surface area contributed by atoms with Crippen LogP contribution in [0.3, 0.4) is 0 Å². The van der Waals surface area contributed by atoms with E-state index in [4.69, 9.17) is 16.3 Å². The number of alkyl halides is 3. The highest BCUT2D eigenvalue weighted by molar-refractivity contribution is 6.33. The number of esters is 1. The second-order valence-corrected chi connectivity index (χ2v) is 5.91. The van der Waals surface area contributed by atoms with Crippen LogP contribution >= 0.6 is 11.6 Å². The Morgan fingerprint density at radius 3 is 2.52 bits per heavy atom. The molecule has 0 bridgehead atoms. The van der Waals surface area contributed by atoms with Gasteiger partial charge in [0.15, 0.2) is 6.10 Å². The third-order valence-electron chi connectivity index (χ3n) is 3.42. The largest absolute Gasteiger partial charge is 0.449 e. The van der Waals surface area contributed by atoms with E-state index in [1.54, 1.807) is 24.3 Å². The Balaban J connectivity index is 1.95. The van der Waals surface area contributed by atoms with Crippen LogP contribution in [0.1, 0.15) is 18.1 Å². The van der Waals surface area contributed by atoms with Gasteiger partial charge in [-0.1, -0.05) is 35.9 Å². The summed E-state index contributed by atoms with van der Waals surface area (Å²) < 4.78 is 42.9. The van der Waals surface area contributed by atoms with Crippen LogP contribution in [-0.4, -0.2) is 18.0 Å². The molecule has 0 radical (unpaired) electrons. The molecule has 0 aliphatic rings. The summed E-state index contributed by atoms with van der Waals surface area (Å²) in [6, 6.07) is 11.0. The van der Waals surface area contributed by atoms with Gasteiger partial charge in [0.1, 0.15) is 0 Å². The Labute approximate surface area is 158 Å². The van der Waals surface area contributed by atoms with Crippen molar-refractivity contribution in [3.05, 3.63) is 70.8 Å². The molecule has 0 aliphatic heterocycles. The highest BCUT2D eigenvalue weighted by Crippen LogP contribution is 2.29. The SMILES string of the molecule is CC(OC(=O)/C=C/c1cccc(C(F)(F)F)c1)C(=O)Nc1ccccc1Cl. The van der Waals surface area contributed by atoms with E-state index in [0.717, 1.165) is 18.2 Å². The highest BCUT2D eigenvalue weighted by Gasteiger charge is 2.30. The van der Waals surface area contributed by atoms with Crippen LogP contribution in [0.4, 0.5) is 18.9 Å². The number of halogens is 4. The number of hydrogen-bond acceptors (Lipinski definition) is 3. The van der Waals surface area contributed by atoms with E-state index in [1.165, 1.54) is 25.1 Å². The number of para-hydroxylation sites is 1. The average Bonchev–Trinajstić information content (AvgIpc) is 2.61. The lowest BCUT2D eigenvalue weighted by molar-refractivity contribution is -0.148. The minimum absolute atomic E-state index is 0.176. The molecule has 0 fully saturated rings. The van der Waals surface area contributed by atoms with Gasteiger partial charge in [-0.05, 0) is 42.8 Å². The molecular weight excluding hydrogens is 383 g/mol. The van der Waals surface area contributed by atoms with Crippen LogP contribution in [0, 0.1) is 0 Å². The zero-order valence-corrected chi connectivity index (χ0v) is 14.8. The maximum atomic E-state index is 12.7. The van der Waals surface area contributed by atoms with E-state index in [0.29, 0.717) is 10.7 Å². The summed E-state index contributed by atoms with van der Waals surface area (Å²) in [4.78, 5) is 23.8. The fourth-order valence-electron chi connectivity index (χ4n) is 2.05. The summed E-state index contributed by atoms with van der Waals surface area (Å²) in [5, 5.41) is 2.84. The number of hydrogen-bond donors (Lipinski definition) is 1. The molecule has 0 aromatic heterocycles.